The van der Waals surface area contributed by atoms with Gasteiger partial charge in [-0.3, -0.25) is 9.59 Å². The second-order valence-electron chi connectivity index (χ2n) is 20.3. The van der Waals surface area contributed by atoms with Crippen molar-refractivity contribution in [1.82, 2.24) is 10.6 Å². The molecule has 13 heteroatoms. The Bertz CT molecular complexity index is 1780. The van der Waals surface area contributed by atoms with Crippen LogP contribution >= 0.6 is 0 Å². The third-order valence-electron chi connectivity index (χ3n) is 17.7. The minimum absolute atomic E-state index is 0.0207. The molecule has 5 saturated heterocycles. The van der Waals surface area contributed by atoms with Crippen LogP contribution < -0.4 is 10.6 Å². The van der Waals surface area contributed by atoms with E-state index in [1.807, 2.05) is 26.8 Å². The van der Waals surface area contributed by atoms with Gasteiger partial charge >= 0.3 is 11.9 Å². The Hall–Kier alpha value is -2.39. The fraction of sp³-hybridized carbons (Fsp3) is 0.837. The molecule has 4 aliphatic carbocycles. The van der Waals surface area contributed by atoms with Crippen LogP contribution in [0, 0.1) is 51.2 Å². The lowest BCUT2D eigenvalue weighted by molar-refractivity contribution is -0.264. The molecule has 9 fully saturated rings. The first-order chi connectivity index (χ1) is 26.7. The van der Waals surface area contributed by atoms with E-state index in [-0.39, 0.29) is 42.7 Å². The molecule has 0 aromatic carbocycles. The molecule has 308 valence electrons. The van der Waals surface area contributed by atoms with Crippen molar-refractivity contribution in [1.29, 1.82) is 0 Å². The van der Waals surface area contributed by atoms with Gasteiger partial charge in [0.05, 0.1) is 42.0 Å². The predicted molar refractivity (Wildman–Crippen MR) is 197 cm³/mol. The van der Waals surface area contributed by atoms with Crippen molar-refractivity contribution in [2.75, 3.05) is 26.4 Å². The molecule has 4 saturated carbocycles. The van der Waals surface area contributed by atoms with Gasteiger partial charge < -0.3 is 49.3 Å². The van der Waals surface area contributed by atoms with Crippen molar-refractivity contribution in [3.05, 3.63) is 23.7 Å². The molecule has 3 spiro atoms. The molecule has 13 atom stereocenters. The Morgan fingerprint density at radius 2 is 1.71 bits per heavy atom. The normalized spacial score (nSPS) is 48.2. The van der Waals surface area contributed by atoms with E-state index in [4.69, 9.17) is 23.4 Å². The smallest absolute Gasteiger partial charge is 0.339 e. The first-order valence-electron chi connectivity index (χ1n) is 21.5. The highest BCUT2D eigenvalue weighted by Gasteiger charge is 2.91. The number of epoxide rings is 1. The van der Waals surface area contributed by atoms with Crippen molar-refractivity contribution in [2.24, 2.45) is 51.2 Å². The van der Waals surface area contributed by atoms with Crippen molar-refractivity contribution in [2.45, 2.75) is 146 Å². The SMILES string of the molecule is CC1(C)OC2C3(CCCC3)C(=O)OCC23C1C(=O)C(O)C1(C)C3CCC2(C)C(c3ccoc3CC(C(O)CO)C3CCC(C4CNCN4)CC3)OC(=O)C3OC321. The largest absolute Gasteiger partial charge is 0.469 e. The minimum Gasteiger partial charge on any atom is -0.469 e. The Balaban J connectivity index is 1.00. The van der Waals surface area contributed by atoms with Crippen LogP contribution in [-0.4, -0.2) is 101 Å². The minimum atomic E-state index is -1.46. The van der Waals surface area contributed by atoms with Crippen LogP contribution in [0.1, 0.15) is 109 Å². The van der Waals surface area contributed by atoms with E-state index < -0.39 is 75.3 Å². The predicted octanol–water partition coefficient (Wildman–Crippen LogP) is 3.12. The molecule has 56 heavy (non-hydrogen) atoms. The molecule has 10 rings (SSSR count). The van der Waals surface area contributed by atoms with Gasteiger partial charge in [0.2, 0.25) is 0 Å². The highest BCUT2D eigenvalue weighted by Crippen LogP contribution is 2.81. The van der Waals surface area contributed by atoms with Gasteiger partial charge in [0.1, 0.15) is 30.2 Å². The number of ketones is 1. The van der Waals surface area contributed by atoms with Gasteiger partial charge in [0.15, 0.2) is 11.9 Å². The van der Waals surface area contributed by atoms with E-state index >= 15 is 0 Å². The number of esters is 2. The summed E-state index contributed by atoms with van der Waals surface area (Å²) in [6.45, 7) is 9.25. The van der Waals surface area contributed by atoms with Crippen LogP contribution in [0.25, 0.3) is 0 Å². The number of hydrogen-bond acceptors (Lipinski definition) is 13. The molecule has 0 radical (unpaired) electrons. The molecule has 5 aliphatic heterocycles. The topological polar surface area (TPSA) is 189 Å². The fourth-order valence-electron chi connectivity index (χ4n) is 15.3. The molecule has 13 nitrogen and oxygen atoms in total. The highest BCUT2D eigenvalue weighted by atomic mass is 16.7. The molecule has 0 amide bonds. The number of rotatable bonds is 7. The van der Waals surface area contributed by atoms with Crippen LogP contribution in [0.2, 0.25) is 0 Å². The lowest BCUT2D eigenvalue weighted by Gasteiger charge is -2.67. The Morgan fingerprint density at radius 3 is 2.41 bits per heavy atom. The van der Waals surface area contributed by atoms with Crippen LogP contribution in [0.15, 0.2) is 16.7 Å². The summed E-state index contributed by atoms with van der Waals surface area (Å²) < 4.78 is 32.4. The summed E-state index contributed by atoms with van der Waals surface area (Å²) in [5, 5.41) is 41.0. The van der Waals surface area contributed by atoms with Gasteiger partial charge in [-0.15, -0.1) is 0 Å². The van der Waals surface area contributed by atoms with Gasteiger partial charge in [0, 0.05) is 47.5 Å². The van der Waals surface area contributed by atoms with Gasteiger partial charge in [0.25, 0.3) is 0 Å². The monoisotopic (exact) mass is 780 g/mol. The highest BCUT2D eigenvalue weighted by molar-refractivity contribution is 5.92. The molecule has 6 heterocycles. The summed E-state index contributed by atoms with van der Waals surface area (Å²) in [4.78, 5) is 42.9. The summed E-state index contributed by atoms with van der Waals surface area (Å²) in [7, 11) is 0. The van der Waals surface area contributed by atoms with Gasteiger partial charge in [-0.25, -0.2) is 4.79 Å². The second-order valence-corrected chi connectivity index (χ2v) is 20.3. The van der Waals surface area contributed by atoms with Crippen molar-refractivity contribution >= 4 is 17.7 Å². The van der Waals surface area contributed by atoms with Crippen LogP contribution in [-0.2, 0) is 39.8 Å². The number of furan rings is 1. The Kier molecular flexibility index (Phi) is 8.49. The fourth-order valence-corrected chi connectivity index (χ4v) is 15.3. The average Bonchev–Trinajstić information content (AvgIpc) is 3.66. The molecule has 13 unspecified atom stereocenters. The van der Waals surface area contributed by atoms with E-state index in [2.05, 4.69) is 17.6 Å². The summed E-state index contributed by atoms with van der Waals surface area (Å²) >= 11 is 0. The number of Topliss-reactive ketones (excluding diaryl/α,β-unsaturated/α-hetero) is 1. The van der Waals surface area contributed by atoms with Crippen molar-refractivity contribution in [3.63, 3.8) is 0 Å². The standard InChI is InChI=1S/C43H60N2O11/c1-38(2)31-30(48)32(49)40(4)29(42(31)20-53-37(51)41(36(42)56-38)13-5-6-14-41)11-15-39(3)33(54-35(50)34-43(39,40)55-34)24-12-16-52-28(24)17-25(27(47)19-46)22-7-9-23(10-8-22)26-18-44-21-45-26/h12,16,22-23,25-27,29,31-34,36,44-47,49H,5-11,13-15,17-21H2,1-4H3. The zero-order valence-electron chi connectivity index (χ0n) is 33.2. The summed E-state index contributed by atoms with van der Waals surface area (Å²) in [5.74, 6) is -1.15. The molecule has 9 aliphatic rings. The average molecular weight is 781 g/mol. The maximum atomic E-state index is 15.0. The first-order valence-corrected chi connectivity index (χ1v) is 21.5. The molecule has 5 N–H and O–H groups in total. The molecule has 1 aromatic rings. The number of carbonyl (C=O) groups excluding carboxylic acids is 3. The number of ether oxygens (including phenoxy) is 4. The summed E-state index contributed by atoms with van der Waals surface area (Å²) in [6, 6.07) is 2.29. The number of fused-ring (bicyclic) bond motifs is 2. The quantitative estimate of drug-likeness (QED) is 0.201. The first kappa shape index (κ1) is 37.9. The van der Waals surface area contributed by atoms with Gasteiger partial charge in [-0.05, 0) is 95.0 Å². The summed E-state index contributed by atoms with van der Waals surface area (Å²) in [5.41, 5.74) is -5.43. The summed E-state index contributed by atoms with van der Waals surface area (Å²) in [6.07, 6.45) is 5.23. The maximum Gasteiger partial charge on any atom is 0.339 e. The van der Waals surface area contributed by atoms with Crippen molar-refractivity contribution < 1.29 is 53.1 Å². The van der Waals surface area contributed by atoms with Gasteiger partial charge in [-0.2, -0.15) is 0 Å². The molecular formula is C43H60N2O11. The number of aliphatic hydroxyl groups excluding tert-OH is 3. The third kappa shape index (κ3) is 4.60. The Labute approximate surface area is 328 Å². The van der Waals surface area contributed by atoms with E-state index in [1.54, 1.807) is 6.26 Å². The zero-order chi connectivity index (χ0) is 39.2. The number of aliphatic hydroxyl groups is 3. The molecular weight excluding hydrogens is 720 g/mol. The van der Waals surface area contributed by atoms with Crippen LogP contribution in [0.4, 0.5) is 0 Å². The number of carbonyl (C=O) groups is 3. The molecule has 0 bridgehead atoms. The van der Waals surface area contributed by atoms with E-state index in [9.17, 15) is 29.7 Å². The zero-order valence-corrected chi connectivity index (χ0v) is 33.2. The second kappa shape index (κ2) is 12.6. The van der Waals surface area contributed by atoms with Crippen molar-refractivity contribution in [3.8, 4) is 0 Å². The third-order valence-corrected chi connectivity index (χ3v) is 17.7. The maximum absolute atomic E-state index is 15.0. The van der Waals surface area contributed by atoms with E-state index in [1.165, 1.54) is 0 Å². The Morgan fingerprint density at radius 1 is 0.964 bits per heavy atom. The van der Waals surface area contributed by atoms with Crippen LogP contribution in [0.3, 0.4) is 0 Å². The van der Waals surface area contributed by atoms with E-state index in [0.29, 0.717) is 55.4 Å². The van der Waals surface area contributed by atoms with Crippen LogP contribution in [0.5, 0.6) is 0 Å². The van der Waals surface area contributed by atoms with E-state index in [0.717, 1.165) is 51.7 Å². The molecule has 1 aromatic heterocycles. The number of hydrogen-bond donors (Lipinski definition) is 5. The lowest BCUT2D eigenvalue weighted by Crippen LogP contribution is -2.77. The number of cyclic esters (lactones) is 2. The van der Waals surface area contributed by atoms with Gasteiger partial charge in [-0.1, -0.05) is 26.7 Å². The number of nitrogens with one attached hydrogen (secondary N) is 2. The lowest BCUT2D eigenvalue weighted by atomic mass is 9.35.